The Balaban J connectivity index is 2.51. The molecule has 7 nitrogen and oxygen atoms in total. The molecule has 10 heteroatoms. The molecule has 0 fully saturated rings. The first kappa shape index (κ1) is 28.0. The van der Waals surface area contributed by atoms with Crippen molar-refractivity contribution in [2.75, 3.05) is 23.7 Å². The predicted molar refractivity (Wildman–Crippen MR) is 138 cm³/mol. The summed E-state index contributed by atoms with van der Waals surface area (Å²) in [7, 11) is -3.79. The Hall–Kier alpha value is -2.29. The molecule has 0 saturated carbocycles. The Morgan fingerprint density at radius 2 is 1.76 bits per heavy atom. The fourth-order valence-electron chi connectivity index (χ4n) is 3.65. The quantitative estimate of drug-likeness (QED) is 0.498. The molecule has 2 aromatic rings. The first-order valence-corrected chi connectivity index (χ1v) is 13.6. The normalized spacial score (nSPS) is 12.2. The molecule has 0 aliphatic heterocycles. The number of halogens is 2. The van der Waals surface area contributed by atoms with E-state index in [2.05, 4.69) is 5.32 Å². The number of rotatable bonds is 10. The van der Waals surface area contributed by atoms with Crippen LogP contribution >= 0.6 is 23.2 Å². The molecule has 0 aliphatic rings. The van der Waals surface area contributed by atoms with E-state index in [0.717, 1.165) is 21.7 Å². The standard InChI is InChI=1S/C24H31Cl2N3O4S/c1-6-21(24(31)27-7-2)28(14-18-11-12-19(25)13-20(18)26)23(30)15-29(34(5,32)33)22-10-8-9-16(3)17(22)4/h8-13,21H,6-7,14-15H2,1-5H3,(H,27,31)/t21-/m1/s1. The number of hydrogen-bond donors (Lipinski definition) is 1. The Morgan fingerprint density at radius 1 is 1.09 bits per heavy atom. The second-order valence-corrected chi connectivity index (χ2v) is 10.8. The molecule has 0 bridgehead atoms. The molecule has 1 N–H and O–H groups in total. The number of anilines is 1. The Labute approximate surface area is 212 Å². The minimum Gasteiger partial charge on any atom is -0.355 e. The van der Waals surface area contributed by atoms with Crippen molar-refractivity contribution in [3.05, 3.63) is 63.1 Å². The predicted octanol–water partition coefficient (Wildman–Crippen LogP) is 4.32. The number of carbonyl (C=O) groups is 2. The molecule has 0 heterocycles. The summed E-state index contributed by atoms with van der Waals surface area (Å²) in [4.78, 5) is 27.8. The van der Waals surface area contributed by atoms with E-state index in [1.807, 2.05) is 19.9 Å². The summed E-state index contributed by atoms with van der Waals surface area (Å²) in [6.45, 7) is 7.23. The van der Waals surface area contributed by atoms with Gasteiger partial charge in [-0.05, 0) is 62.1 Å². The lowest BCUT2D eigenvalue weighted by Crippen LogP contribution is -2.52. The summed E-state index contributed by atoms with van der Waals surface area (Å²) < 4.78 is 26.5. The van der Waals surface area contributed by atoms with Crippen LogP contribution in [-0.2, 0) is 26.2 Å². The van der Waals surface area contributed by atoms with Gasteiger partial charge in [-0.25, -0.2) is 8.42 Å². The average Bonchev–Trinajstić information content (AvgIpc) is 2.75. The zero-order chi connectivity index (χ0) is 25.6. The highest BCUT2D eigenvalue weighted by atomic mass is 35.5. The summed E-state index contributed by atoms with van der Waals surface area (Å²) in [5.41, 5.74) is 2.67. The average molecular weight is 529 g/mol. The van der Waals surface area contributed by atoms with Crippen molar-refractivity contribution in [2.24, 2.45) is 0 Å². The lowest BCUT2D eigenvalue weighted by Gasteiger charge is -2.33. The van der Waals surface area contributed by atoms with E-state index in [0.29, 0.717) is 34.3 Å². The van der Waals surface area contributed by atoms with Gasteiger partial charge in [-0.3, -0.25) is 13.9 Å². The van der Waals surface area contributed by atoms with Crippen LogP contribution in [0.3, 0.4) is 0 Å². The summed E-state index contributed by atoms with van der Waals surface area (Å²) >= 11 is 12.4. The van der Waals surface area contributed by atoms with Crippen molar-refractivity contribution >= 4 is 50.7 Å². The van der Waals surface area contributed by atoms with Gasteiger partial charge in [0.05, 0.1) is 11.9 Å². The number of hydrogen-bond acceptors (Lipinski definition) is 4. The summed E-state index contributed by atoms with van der Waals surface area (Å²) in [6.07, 6.45) is 1.40. The van der Waals surface area contributed by atoms with Crippen LogP contribution in [0.1, 0.15) is 37.0 Å². The molecule has 0 aliphatic carbocycles. The van der Waals surface area contributed by atoms with Crippen LogP contribution in [0.25, 0.3) is 0 Å². The van der Waals surface area contributed by atoms with Gasteiger partial charge in [0.2, 0.25) is 21.8 Å². The molecule has 0 spiro atoms. The first-order valence-electron chi connectivity index (χ1n) is 11.0. The first-order chi connectivity index (χ1) is 15.9. The van der Waals surface area contributed by atoms with E-state index in [4.69, 9.17) is 23.2 Å². The largest absolute Gasteiger partial charge is 0.355 e. The fraction of sp³-hybridized carbons (Fsp3) is 0.417. The number of aryl methyl sites for hydroxylation is 1. The van der Waals surface area contributed by atoms with Crippen LogP contribution < -0.4 is 9.62 Å². The van der Waals surface area contributed by atoms with Gasteiger partial charge < -0.3 is 10.2 Å². The number of sulfonamides is 1. The molecule has 2 amide bonds. The molecule has 2 aromatic carbocycles. The third kappa shape index (κ3) is 6.87. The maximum Gasteiger partial charge on any atom is 0.244 e. The van der Waals surface area contributed by atoms with Crippen molar-refractivity contribution in [2.45, 2.75) is 46.7 Å². The van der Waals surface area contributed by atoms with Crippen LogP contribution in [0.5, 0.6) is 0 Å². The van der Waals surface area contributed by atoms with Crippen LogP contribution in [0.2, 0.25) is 10.0 Å². The molecule has 1 atom stereocenters. The molecule has 0 aromatic heterocycles. The number of benzene rings is 2. The van der Waals surface area contributed by atoms with Crippen molar-refractivity contribution in [1.82, 2.24) is 10.2 Å². The SMILES string of the molecule is CCNC(=O)[C@@H](CC)N(Cc1ccc(Cl)cc1Cl)C(=O)CN(c1cccc(C)c1C)S(C)(=O)=O. The van der Waals surface area contributed by atoms with Gasteiger partial charge in [-0.15, -0.1) is 0 Å². The van der Waals surface area contributed by atoms with Gasteiger partial charge in [0.15, 0.2) is 0 Å². The van der Waals surface area contributed by atoms with Gasteiger partial charge in [-0.2, -0.15) is 0 Å². The van der Waals surface area contributed by atoms with E-state index < -0.39 is 28.5 Å². The highest BCUT2D eigenvalue weighted by Crippen LogP contribution is 2.27. The van der Waals surface area contributed by atoms with Gasteiger partial charge in [0, 0.05) is 23.1 Å². The fourth-order valence-corrected chi connectivity index (χ4v) is 5.01. The highest BCUT2D eigenvalue weighted by Gasteiger charge is 2.32. The second kappa shape index (κ2) is 11.9. The van der Waals surface area contributed by atoms with Crippen LogP contribution in [-0.4, -0.2) is 50.5 Å². The third-order valence-corrected chi connectivity index (χ3v) is 7.33. The van der Waals surface area contributed by atoms with Gasteiger partial charge in [0.1, 0.15) is 12.6 Å². The van der Waals surface area contributed by atoms with Crippen molar-refractivity contribution in [3.63, 3.8) is 0 Å². The van der Waals surface area contributed by atoms with Crippen molar-refractivity contribution in [1.29, 1.82) is 0 Å². The molecule has 2 rings (SSSR count). The Morgan fingerprint density at radius 3 is 2.32 bits per heavy atom. The van der Waals surface area contributed by atoms with E-state index in [-0.39, 0.29) is 12.5 Å². The molecular weight excluding hydrogens is 497 g/mol. The number of carbonyl (C=O) groups excluding carboxylic acids is 2. The van der Waals surface area contributed by atoms with Crippen molar-refractivity contribution in [3.8, 4) is 0 Å². The zero-order valence-corrected chi connectivity index (χ0v) is 22.4. The lowest BCUT2D eigenvalue weighted by atomic mass is 10.1. The smallest absolute Gasteiger partial charge is 0.244 e. The Kier molecular flexibility index (Phi) is 9.79. The minimum absolute atomic E-state index is 0.0227. The lowest BCUT2D eigenvalue weighted by molar-refractivity contribution is -0.140. The summed E-state index contributed by atoms with van der Waals surface area (Å²) in [5, 5.41) is 3.55. The summed E-state index contributed by atoms with van der Waals surface area (Å²) in [6, 6.07) is 9.38. The van der Waals surface area contributed by atoms with Gasteiger partial charge in [-0.1, -0.05) is 48.3 Å². The molecular formula is C24H31Cl2N3O4S. The van der Waals surface area contributed by atoms with Crippen LogP contribution in [0.4, 0.5) is 5.69 Å². The van der Waals surface area contributed by atoms with E-state index >= 15 is 0 Å². The van der Waals surface area contributed by atoms with Crippen molar-refractivity contribution < 1.29 is 18.0 Å². The molecule has 0 radical (unpaired) electrons. The van der Waals surface area contributed by atoms with E-state index in [1.165, 1.54) is 4.90 Å². The molecule has 0 unspecified atom stereocenters. The van der Waals surface area contributed by atoms with E-state index in [1.54, 1.807) is 44.2 Å². The second-order valence-electron chi connectivity index (χ2n) is 8.06. The van der Waals surface area contributed by atoms with Gasteiger partial charge in [0.25, 0.3) is 0 Å². The third-order valence-electron chi connectivity index (χ3n) is 5.62. The van der Waals surface area contributed by atoms with E-state index in [9.17, 15) is 18.0 Å². The minimum atomic E-state index is -3.79. The number of likely N-dealkylation sites (N-methyl/N-ethyl adjacent to an activating group) is 1. The molecule has 186 valence electrons. The Bertz CT molecular complexity index is 1150. The van der Waals surface area contributed by atoms with Gasteiger partial charge >= 0.3 is 0 Å². The topological polar surface area (TPSA) is 86.8 Å². The maximum absolute atomic E-state index is 13.6. The monoisotopic (exact) mass is 527 g/mol. The molecule has 0 saturated heterocycles. The number of nitrogens with zero attached hydrogens (tertiary/aromatic N) is 2. The number of amides is 2. The zero-order valence-electron chi connectivity index (χ0n) is 20.1. The van der Waals surface area contributed by atoms with Crippen LogP contribution in [0.15, 0.2) is 36.4 Å². The van der Waals surface area contributed by atoms with Crippen LogP contribution in [0, 0.1) is 13.8 Å². The highest BCUT2D eigenvalue weighted by molar-refractivity contribution is 7.92. The summed E-state index contributed by atoms with van der Waals surface area (Å²) in [5.74, 6) is -0.837. The maximum atomic E-state index is 13.6. The number of nitrogens with one attached hydrogen (secondary N) is 1. The molecule has 34 heavy (non-hydrogen) atoms.